The Labute approximate surface area is 136 Å². The summed E-state index contributed by atoms with van der Waals surface area (Å²) in [6.45, 7) is 2.62. The van der Waals surface area contributed by atoms with E-state index < -0.39 is 0 Å². The van der Waals surface area contributed by atoms with Crippen LogP contribution in [0.1, 0.15) is 5.56 Å². The second-order valence-electron chi connectivity index (χ2n) is 4.91. The Hall–Kier alpha value is -1.79. The first-order chi connectivity index (χ1) is 10.6. The van der Waals surface area contributed by atoms with Crippen molar-refractivity contribution < 1.29 is 4.74 Å². The lowest BCUT2D eigenvalue weighted by atomic mass is 10.2. The van der Waals surface area contributed by atoms with Crippen LogP contribution in [0.3, 0.4) is 0 Å². The summed E-state index contributed by atoms with van der Waals surface area (Å²) < 4.78 is 7.29. The zero-order valence-corrected chi connectivity index (χ0v) is 14.0. The van der Waals surface area contributed by atoms with E-state index in [4.69, 9.17) is 4.74 Å². The first kappa shape index (κ1) is 15.1. The summed E-state index contributed by atoms with van der Waals surface area (Å²) in [5.74, 6) is 1.60. The second-order valence-corrected chi connectivity index (χ2v) is 6.86. The molecule has 1 aromatic carbocycles. The van der Waals surface area contributed by atoms with E-state index in [-0.39, 0.29) is 5.56 Å². The summed E-state index contributed by atoms with van der Waals surface area (Å²) in [5, 5.41) is 3.31. The van der Waals surface area contributed by atoms with Gasteiger partial charge < -0.3 is 4.74 Å². The quantitative estimate of drug-likeness (QED) is 0.408. The molecule has 0 aliphatic carbocycles. The maximum atomic E-state index is 12.2. The molecule has 0 N–H and O–H groups in total. The van der Waals surface area contributed by atoms with Gasteiger partial charge in [0.05, 0.1) is 12.0 Å². The Kier molecular flexibility index (Phi) is 4.49. The fourth-order valence-electron chi connectivity index (χ4n) is 2.04. The molecule has 0 saturated carbocycles. The number of ether oxygens (including phenoxy) is 1. The maximum absolute atomic E-state index is 12.2. The molecular formula is C16H16N2O2S2. The normalized spacial score (nSPS) is 11.0. The van der Waals surface area contributed by atoms with E-state index >= 15 is 0 Å². The Balaban J connectivity index is 1.63. The molecule has 0 fully saturated rings. The minimum atomic E-state index is 0.00760. The Bertz CT molecular complexity index is 837. The van der Waals surface area contributed by atoms with Crippen molar-refractivity contribution >= 4 is 33.3 Å². The highest BCUT2D eigenvalue weighted by molar-refractivity contribution is 7.99. The van der Waals surface area contributed by atoms with Crippen molar-refractivity contribution in [3.05, 3.63) is 51.6 Å². The molecule has 2 heterocycles. The number of nitrogens with zero attached hydrogens (tertiary/aromatic N) is 2. The van der Waals surface area contributed by atoms with E-state index in [1.807, 2.05) is 42.6 Å². The van der Waals surface area contributed by atoms with Crippen LogP contribution in [0.5, 0.6) is 5.75 Å². The third-order valence-corrected chi connectivity index (χ3v) is 5.07. The monoisotopic (exact) mass is 332 g/mol. The molecule has 22 heavy (non-hydrogen) atoms. The lowest BCUT2D eigenvalue weighted by molar-refractivity contribution is 0.343. The van der Waals surface area contributed by atoms with E-state index in [2.05, 4.69) is 4.98 Å². The number of rotatable bonds is 5. The largest absolute Gasteiger partial charge is 0.493 e. The van der Waals surface area contributed by atoms with Crippen LogP contribution in [0, 0.1) is 6.92 Å². The van der Waals surface area contributed by atoms with Crippen molar-refractivity contribution in [1.29, 1.82) is 0 Å². The summed E-state index contributed by atoms with van der Waals surface area (Å²) >= 11 is 3.03. The van der Waals surface area contributed by atoms with Gasteiger partial charge in [-0.1, -0.05) is 29.5 Å². The van der Waals surface area contributed by atoms with Crippen molar-refractivity contribution in [2.45, 2.75) is 12.1 Å². The highest BCUT2D eigenvalue weighted by atomic mass is 32.2. The number of thiophene rings is 1. The molecule has 0 aliphatic heterocycles. The summed E-state index contributed by atoms with van der Waals surface area (Å²) in [6, 6.07) is 9.80. The van der Waals surface area contributed by atoms with Crippen LogP contribution < -0.4 is 10.3 Å². The molecule has 0 aliphatic rings. The molecule has 0 bridgehead atoms. The minimum Gasteiger partial charge on any atom is -0.493 e. The average Bonchev–Trinajstić information content (AvgIpc) is 2.98. The number of aromatic nitrogens is 2. The van der Waals surface area contributed by atoms with Crippen LogP contribution in [0.25, 0.3) is 10.2 Å². The van der Waals surface area contributed by atoms with Gasteiger partial charge in [-0.05, 0) is 30.5 Å². The topological polar surface area (TPSA) is 44.1 Å². The molecule has 0 saturated heterocycles. The molecule has 4 nitrogen and oxygen atoms in total. The van der Waals surface area contributed by atoms with E-state index in [1.54, 1.807) is 11.6 Å². The molecule has 0 atom stereocenters. The Morgan fingerprint density at radius 3 is 2.82 bits per heavy atom. The van der Waals surface area contributed by atoms with Crippen LogP contribution >= 0.6 is 23.1 Å². The number of aryl methyl sites for hydroxylation is 1. The smallest absolute Gasteiger partial charge is 0.262 e. The summed E-state index contributed by atoms with van der Waals surface area (Å²) in [4.78, 5) is 17.5. The van der Waals surface area contributed by atoms with Gasteiger partial charge in [0.25, 0.3) is 5.56 Å². The number of benzene rings is 1. The zero-order valence-electron chi connectivity index (χ0n) is 12.4. The van der Waals surface area contributed by atoms with Gasteiger partial charge >= 0.3 is 0 Å². The third kappa shape index (κ3) is 3.18. The lowest BCUT2D eigenvalue weighted by Crippen LogP contribution is -2.19. The molecular weight excluding hydrogens is 316 g/mol. The van der Waals surface area contributed by atoms with Crippen molar-refractivity contribution in [3.8, 4) is 5.75 Å². The van der Waals surface area contributed by atoms with E-state index in [0.717, 1.165) is 21.5 Å². The summed E-state index contributed by atoms with van der Waals surface area (Å²) in [5.41, 5.74) is 1.22. The summed E-state index contributed by atoms with van der Waals surface area (Å²) in [6.07, 6.45) is 0. The first-order valence-electron chi connectivity index (χ1n) is 6.91. The van der Waals surface area contributed by atoms with E-state index in [0.29, 0.717) is 12.0 Å². The van der Waals surface area contributed by atoms with Crippen molar-refractivity contribution in [1.82, 2.24) is 9.55 Å². The zero-order chi connectivity index (χ0) is 15.5. The predicted molar refractivity (Wildman–Crippen MR) is 92.3 cm³/mol. The fraction of sp³-hybridized carbons (Fsp3) is 0.250. The Morgan fingerprint density at radius 1 is 1.27 bits per heavy atom. The molecule has 0 unspecified atom stereocenters. The van der Waals surface area contributed by atoms with Crippen LogP contribution in [0.4, 0.5) is 0 Å². The van der Waals surface area contributed by atoms with Crippen LogP contribution in [0.2, 0.25) is 0 Å². The third-order valence-electron chi connectivity index (χ3n) is 3.27. The van der Waals surface area contributed by atoms with Crippen LogP contribution in [-0.2, 0) is 7.05 Å². The highest BCUT2D eigenvalue weighted by Crippen LogP contribution is 2.20. The van der Waals surface area contributed by atoms with Crippen LogP contribution in [-0.4, -0.2) is 21.9 Å². The van der Waals surface area contributed by atoms with Gasteiger partial charge in [0.1, 0.15) is 10.6 Å². The SMILES string of the molecule is Cc1ccc(OCCSc2nc3sccc3c(=O)n2C)cc1. The van der Waals surface area contributed by atoms with Gasteiger partial charge in [0, 0.05) is 12.8 Å². The number of fused-ring (bicyclic) bond motifs is 1. The van der Waals surface area contributed by atoms with Crippen molar-refractivity contribution in [2.24, 2.45) is 7.05 Å². The molecule has 0 radical (unpaired) electrons. The average molecular weight is 332 g/mol. The van der Waals surface area contributed by atoms with Gasteiger partial charge in [-0.2, -0.15) is 0 Å². The van der Waals surface area contributed by atoms with Crippen molar-refractivity contribution in [3.63, 3.8) is 0 Å². The molecule has 0 amide bonds. The highest BCUT2D eigenvalue weighted by Gasteiger charge is 2.09. The molecule has 114 valence electrons. The van der Waals surface area contributed by atoms with E-state index in [1.165, 1.54) is 28.7 Å². The van der Waals surface area contributed by atoms with Gasteiger partial charge in [-0.3, -0.25) is 9.36 Å². The molecule has 3 rings (SSSR count). The summed E-state index contributed by atoms with van der Waals surface area (Å²) in [7, 11) is 1.76. The molecule has 0 spiro atoms. The molecule has 2 aromatic heterocycles. The minimum absolute atomic E-state index is 0.00760. The number of thioether (sulfide) groups is 1. The van der Waals surface area contributed by atoms with E-state index in [9.17, 15) is 4.79 Å². The standard InChI is InChI=1S/C16H16N2O2S2/c1-11-3-5-12(6-4-11)20-8-10-22-16-17-14-13(7-9-21-14)15(19)18(16)2/h3-7,9H,8,10H2,1-2H3. The fourth-order valence-corrected chi connectivity index (χ4v) is 3.63. The number of hydrogen-bond acceptors (Lipinski definition) is 5. The molecule has 3 aromatic rings. The predicted octanol–water partition coefficient (Wildman–Crippen LogP) is 3.47. The number of hydrogen-bond donors (Lipinski definition) is 0. The Morgan fingerprint density at radius 2 is 2.05 bits per heavy atom. The molecule has 6 heteroatoms. The van der Waals surface area contributed by atoms with Gasteiger partial charge in [-0.15, -0.1) is 11.3 Å². The van der Waals surface area contributed by atoms with Crippen LogP contribution in [0.15, 0.2) is 45.7 Å². The second kappa shape index (κ2) is 6.54. The maximum Gasteiger partial charge on any atom is 0.262 e. The lowest BCUT2D eigenvalue weighted by Gasteiger charge is -2.08. The first-order valence-corrected chi connectivity index (χ1v) is 8.78. The van der Waals surface area contributed by atoms with Crippen molar-refractivity contribution in [2.75, 3.05) is 12.4 Å². The van der Waals surface area contributed by atoms with Gasteiger partial charge in [0.15, 0.2) is 5.16 Å². The van der Waals surface area contributed by atoms with Gasteiger partial charge in [-0.25, -0.2) is 4.98 Å². The van der Waals surface area contributed by atoms with Gasteiger partial charge in [0.2, 0.25) is 0 Å².